The molecule has 3 aromatic heterocycles. The van der Waals surface area contributed by atoms with Crippen LogP contribution < -0.4 is 10.6 Å². The normalized spacial score (nSPS) is 13.1. The van der Waals surface area contributed by atoms with E-state index >= 15 is 0 Å². The van der Waals surface area contributed by atoms with Gasteiger partial charge >= 0.3 is 12.1 Å². The molecule has 3 aromatic rings. The van der Waals surface area contributed by atoms with Crippen LogP contribution in [0, 0.1) is 0 Å². The van der Waals surface area contributed by atoms with E-state index in [0.29, 0.717) is 23.5 Å². The molecule has 0 radical (unpaired) electrons. The third kappa shape index (κ3) is 9.43. The topological polar surface area (TPSA) is 111 Å². The zero-order valence-corrected chi connectivity index (χ0v) is 23.9. The summed E-state index contributed by atoms with van der Waals surface area (Å²) in [6.45, 7) is 3.94. The van der Waals surface area contributed by atoms with Crippen molar-refractivity contribution in [2.75, 3.05) is 11.9 Å². The molecular weight excluding hydrogens is 537 g/mol. The number of rotatable bonds is 16. The van der Waals surface area contributed by atoms with Crippen LogP contribution in [0.15, 0.2) is 36.8 Å². The van der Waals surface area contributed by atoms with Crippen molar-refractivity contribution in [3.8, 4) is 11.4 Å². The summed E-state index contributed by atoms with van der Waals surface area (Å²) >= 11 is 0. The summed E-state index contributed by atoms with van der Waals surface area (Å²) in [5, 5.41) is 5.63. The number of aromatic nitrogens is 4. The first-order valence-electron chi connectivity index (χ1n) is 14.1. The van der Waals surface area contributed by atoms with Crippen molar-refractivity contribution in [3.05, 3.63) is 36.8 Å². The zero-order valence-electron chi connectivity index (χ0n) is 23.9. The number of nitrogens with zero attached hydrogens (tertiary/aromatic N) is 4. The van der Waals surface area contributed by atoms with Crippen molar-refractivity contribution in [3.63, 3.8) is 0 Å². The Morgan fingerprint density at radius 3 is 2.44 bits per heavy atom. The molecule has 3 heterocycles. The molecule has 0 saturated heterocycles. The highest BCUT2D eigenvalue weighted by molar-refractivity contribution is 5.92. The van der Waals surface area contributed by atoms with Gasteiger partial charge in [0, 0.05) is 36.0 Å². The van der Waals surface area contributed by atoms with Crippen LogP contribution in [0.2, 0.25) is 0 Å². The van der Waals surface area contributed by atoms with E-state index in [1.807, 2.05) is 11.4 Å². The van der Waals surface area contributed by atoms with Gasteiger partial charge in [-0.1, -0.05) is 52.4 Å². The van der Waals surface area contributed by atoms with Crippen LogP contribution in [0.4, 0.5) is 19.0 Å². The van der Waals surface area contributed by atoms with Crippen molar-refractivity contribution < 1.29 is 27.5 Å². The first-order chi connectivity index (χ1) is 19.6. The fraction of sp³-hybridized carbons (Fsp3) is 0.552. The number of amides is 1. The number of hydrogen-bond acceptors (Lipinski definition) is 7. The van der Waals surface area contributed by atoms with Gasteiger partial charge in [-0.25, -0.2) is 15.0 Å². The van der Waals surface area contributed by atoms with E-state index in [1.54, 1.807) is 30.0 Å². The van der Waals surface area contributed by atoms with Crippen molar-refractivity contribution in [1.29, 1.82) is 0 Å². The van der Waals surface area contributed by atoms with Crippen LogP contribution in [0.1, 0.15) is 78.6 Å². The summed E-state index contributed by atoms with van der Waals surface area (Å²) in [4.78, 5) is 38.2. The van der Waals surface area contributed by atoms with Crippen LogP contribution >= 0.6 is 0 Å². The summed E-state index contributed by atoms with van der Waals surface area (Å²) in [5.41, 5.74) is -0.131. The fourth-order valence-corrected chi connectivity index (χ4v) is 4.36. The lowest BCUT2D eigenvalue weighted by Gasteiger charge is -2.29. The number of hydrogen-bond donors (Lipinski definition) is 2. The number of fused-ring (bicyclic) bond motifs is 1. The smallest absolute Gasteiger partial charge is 0.405 e. The second-order valence-electron chi connectivity index (χ2n) is 10.3. The van der Waals surface area contributed by atoms with Gasteiger partial charge in [-0.2, -0.15) is 13.2 Å². The van der Waals surface area contributed by atoms with Crippen LogP contribution in [0.5, 0.6) is 0 Å². The predicted octanol–water partition coefficient (Wildman–Crippen LogP) is 6.39. The lowest BCUT2D eigenvalue weighted by atomic mass is 9.97. The number of anilines is 1. The molecular formula is C29H39F3N6O3. The Kier molecular flexibility index (Phi) is 11.5. The number of carbonyl (C=O) groups is 2. The first-order valence-corrected chi connectivity index (χ1v) is 14.1. The van der Waals surface area contributed by atoms with Gasteiger partial charge in [0.05, 0.1) is 0 Å². The maximum atomic E-state index is 12.6. The van der Waals surface area contributed by atoms with Crippen molar-refractivity contribution in [2.45, 2.75) is 97.0 Å². The molecule has 9 nitrogen and oxygen atoms in total. The molecule has 1 atom stereocenters. The van der Waals surface area contributed by atoms with Gasteiger partial charge in [0.1, 0.15) is 23.5 Å². The molecule has 0 spiro atoms. The molecule has 1 amide bonds. The number of pyridine rings is 1. The predicted molar refractivity (Wildman–Crippen MR) is 151 cm³/mol. The third-order valence-corrected chi connectivity index (χ3v) is 6.94. The van der Waals surface area contributed by atoms with Gasteiger partial charge in [0.25, 0.3) is 0 Å². The number of carbonyl (C=O) groups excluding carboxylic acids is 2. The first kappa shape index (κ1) is 31.8. The van der Waals surface area contributed by atoms with E-state index in [9.17, 15) is 22.8 Å². The van der Waals surface area contributed by atoms with Gasteiger partial charge < -0.3 is 15.4 Å². The third-order valence-electron chi connectivity index (χ3n) is 6.94. The van der Waals surface area contributed by atoms with Crippen LogP contribution in [-0.2, 0) is 21.1 Å². The minimum absolute atomic E-state index is 0.0198. The zero-order chi connectivity index (χ0) is 29.9. The van der Waals surface area contributed by atoms with E-state index in [1.165, 1.54) is 44.9 Å². The molecule has 0 aliphatic heterocycles. The molecule has 41 heavy (non-hydrogen) atoms. The average Bonchev–Trinajstić information content (AvgIpc) is 3.32. The Hall–Kier alpha value is -3.70. The monoisotopic (exact) mass is 576 g/mol. The minimum Gasteiger partial charge on any atom is -0.444 e. The molecule has 0 unspecified atom stereocenters. The molecule has 224 valence electrons. The van der Waals surface area contributed by atoms with Gasteiger partial charge in [-0.05, 0) is 38.0 Å². The van der Waals surface area contributed by atoms with Gasteiger partial charge in [-0.3, -0.25) is 14.2 Å². The van der Waals surface area contributed by atoms with E-state index in [2.05, 4.69) is 27.2 Å². The average molecular weight is 577 g/mol. The summed E-state index contributed by atoms with van der Waals surface area (Å²) in [7, 11) is 0. The lowest BCUT2D eigenvalue weighted by molar-refractivity contribution is -0.147. The number of halogens is 3. The Morgan fingerprint density at radius 1 is 1.00 bits per heavy atom. The number of esters is 1. The Balaban J connectivity index is 1.69. The van der Waals surface area contributed by atoms with Crippen molar-refractivity contribution >= 4 is 28.7 Å². The van der Waals surface area contributed by atoms with E-state index in [-0.39, 0.29) is 24.9 Å². The summed E-state index contributed by atoms with van der Waals surface area (Å²) in [6.07, 6.45) is 8.70. The molecule has 0 aromatic carbocycles. The number of ether oxygens (including phenoxy) is 1. The highest BCUT2D eigenvalue weighted by Crippen LogP contribution is 2.29. The summed E-state index contributed by atoms with van der Waals surface area (Å²) in [5.74, 6) is -0.484. The van der Waals surface area contributed by atoms with Crippen LogP contribution in [-0.4, -0.2) is 49.7 Å². The molecule has 12 heteroatoms. The Morgan fingerprint density at radius 2 is 1.73 bits per heavy atom. The highest BCUT2D eigenvalue weighted by atomic mass is 19.4. The molecule has 2 N–H and O–H groups in total. The molecule has 0 aliphatic rings. The summed E-state index contributed by atoms with van der Waals surface area (Å²) in [6, 6.07) is 5.15. The van der Waals surface area contributed by atoms with E-state index < -0.39 is 24.2 Å². The maximum Gasteiger partial charge on any atom is 0.405 e. The minimum atomic E-state index is -4.52. The standard InChI is InChI=1S/C29H39F3N6O3/c1-4-6-7-8-9-10-11-14-24(39)41-20-38-18-22(21-13-12-16-34-26(21)38)25-33-17-15-23(36-25)37-28(3,5-2)27(40)35-19-29(30,31)32/h12-13,15-18H,4-11,14,19-20H2,1-3H3,(H,35,40)(H,33,36,37)/t28-/m1/s1. The van der Waals surface area contributed by atoms with Crippen molar-refractivity contribution in [1.82, 2.24) is 24.8 Å². The second kappa shape index (κ2) is 14.8. The van der Waals surface area contributed by atoms with Crippen molar-refractivity contribution in [2.24, 2.45) is 0 Å². The largest absolute Gasteiger partial charge is 0.444 e. The quantitative estimate of drug-likeness (QED) is 0.150. The van der Waals surface area contributed by atoms with Gasteiger partial charge in [0.15, 0.2) is 12.6 Å². The number of alkyl halides is 3. The molecule has 3 rings (SSSR count). The maximum absolute atomic E-state index is 12.6. The highest BCUT2D eigenvalue weighted by Gasteiger charge is 2.35. The van der Waals surface area contributed by atoms with E-state index in [4.69, 9.17) is 4.74 Å². The van der Waals surface area contributed by atoms with Gasteiger partial charge in [0.2, 0.25) is 5.91 Å². The Labute approximate surface area is 238 Å². The number of unbranched alkanes of at least 4 members (excludes halogenated alkanes) is 6. The SMILES string of the molecule is CCCCCCCCCC(=O)OCn1cc(-c2nccc(N[C@](C)(CC)C(=O)NCC(F)(F)F)n2)c2cccnc21. The summed E-state index contributed by atoms with van der Waals surface area (Å²) < 4.78 is 45.1. The lowest BCUT2D eigenvalue weighted by Crippen LogP contribution is -2.52. The Bertz CT molecular complexity index is 1300. The van der Waals surface area contributed by atoms with Crippen LogP contribution in [0.3, 0.4) is 0 Å². The molecule has 0 saturated carbocycles. The molecule has 0 bridgehead atoms. The molecule has 0 aliphatic carbocycles. The van der Waals surface area contributed by atoms with E-state index in [0.717, 1.165) is 24.6 Å². The fourth-order valence-electron chi connectivity index (χ4n) is 4.36. The second-order valence-corrected chi connectivity index (χ2v) is 10.3. The number of nitrogens with one attached hydrogen (secondary N) is 2. The van der Waals surface area contributed by atoms with Gasteiger partial charge in [-0.15, -0.1) is 0 Å². The van der Waals surface area contributed by atoms with Crippen LogP contribution in [0.25, 0.3) is 22.4 Å². The molecule has 0 fully saturated rings.